The van der Waals surface area contributed by atoms with Crippen LogP contribution in [-0.4, -0.2) is 76.9 Å². The van der Waals surface area contributed by atoms with Gasteiger partial charge in [0, 0.05) is 24.3 Å². The van der Waals surface area contributed by atoms with Gasteiger partial charge in [0.05, 0.1) is 48.9 Å². The van der Waals surface area contributed by atoms with Crippen LogP contribution in [0, 0.1) is 0 Å². The van der Waals surface area contributed by atoms with Crippen molar-refractivity contribution in [1.82, 2.24) is 20.5 Å². The minimum Gasteiger partial charge on any atom is -0.481 e. The average Bonchev–Trinajstić information content (AvgIpc) is 3.45. The first-order valence-corrected chi connectivity index (χ1v) is 11.6. The zero-order valence-electron chi connectivity index (χ0n) is 19.8. The highest BCUT2D eigenvalue weighted by molar-refractivity contribution is 6.06. The van der Waals surface area contributed by atoms with Crippen molar-refractivity contribution < 1.29 is 36.8 Å². The molecule has 13 heteroatoms. The molecule has 2 aromatic heterocycles. The molecular weight excluding hydrogens is 493 g/mol. The first-order valence-electron chi connectivity index (χ1n) is 11.6. The van der Waals surface area contributed by atoms with Gasteiger partial charge in [0.25, 0.3) is 5.91 Å². The van der Waals surface area contributed by atoms with E-state index in [0.29, 0.717) is 33.7 Å². The number of likely N-dealkylation sites (tertiary alicyclic amines) is 1. The molecule has 0 atom stereocenters. The van der Waals surface area contributed by atoms with E-state index in [0.717, 1.165) is 0 Å². The highest BCUT2D eigenvalue weighted by Gasteiger charge is 2.56. The summed E-state index contributed by atoms with van der Waals surface area (Å²) < 4.78 is 43.0. The first-order chi connectivity index (χ1) is 17.6. The average molecular weight is 517 g/mol. The summed E-state index contributed by atoms with van der Waals surface area (Å²) in [6.45, 7) is -1.89. The summed E-state index contributed by atoms with van der Waals surface area (Å²) in [6, 6.07) is 8.22. The second-order valence-corrected chi connectivity index (χ2v) is 9.41. The molecule has 194 valence electrons. The van der Waals surface area contributed by atoms with Crippen molar-refractivity contribution in [2.45, 2.75) is 24.4 Å². The lowest BCUT2D eigenvalue weighted by Gasteiger charge is -2.43. The summed E-state index contributed by atoms with van der Waals surface area (Å²) >= 11 is 0. The number of halogens is 3. The van der Waals surface area contributed by atoms with Gasteiger partial charge in [0.15, 0.2) is 6.54 Å². The van der Waals surface area contributed by atoms with E-state index in [1.54, 1.807) is 36.5 Å². The van der Waals surface area contributed by atoms with E-state index in [-0.39, 0.29) is 31.8 Å². The summed E-state index contributed by atoms with van der Waals surface area (Å²) in [4.78, 5) is 44.1. The molecule has 5 rings (SSSR count). The number of piperidine rings is 1. The molecule has 1 spiro atoms. The number of pyridine rings is 1. The minimum absolute atomic E-state index is 0.0491. The summed E-state index contributed by atoms with van der Waals surface area (Å²) in [5.74, 6) is -1.26. The molecule has 3 aromatic rings. The lowest BCUT2D eigenvalue weighted by atomic mass is 9.75. The molecule has 0 saturated carbocycles. The molecule has 1 aromatic carbocycles. The number of ether oxygens (including phenoxy) is 1. The zero-order valence-corrected chi connectivity index (χ0v) is 19.8. The van der Waals surface area contributed by atoms with Gasteiger partial charge in [-0.2, -0.15) is 18.3 Å². The number of quaternary nitrogens is 1. The van der Waals surface area contributed by atoms with E-state index in [1.807, 2.05) is 5.32 Å². The van der Waals surface area contributed by atoms with E-state index in [9.17, 15) is 27.6 Å². The number of H-pyrrole nitrogens is 1. The molecule has 37 heavy (non-hydrogen) atoms. The van der Waals surface area contributed by atoms with E-state index in [4.69, 9.17) is 4.74 Å². The topological polar surface area (TPSA) is 126 Å². The molecule has 0 aliphatic carbocycles. The van der Waals surface area contributed by atoms with Gasteiger partial charge in [-0.25, -0.2) is 14.3 Å². The van der Waals surface area contributed by atoms with E-state index in [1.165, 1.54) is 7.11 Å². The summed E-state index contributed by atoms with van der Waals surface area (Å²) in [5.41, 5.74) is 1.02. The summed E-state index contributed by atoms with van der Waals surface area (Å²) in [6.07, 6.45) is -2.70. The highest BCUT2D eigenvalue weighted by Crippen LogP contribution is 2.46. The van der Waals surface area contributed by atoms with Crippen LogP contribution >= 0.6 is 0 Å². The number of aromatic amines is 1. The van der Waals surface area contributed by atoms with Crippen molar-refractivity contribution in [2.24, 2.45) is 0 Å². The van der Waals surface area contributed by atoms with Crippen LogP contribution in [0.25, 0.3) is 10.9 Å². The fourth-order valence-electron chi connectivity index (χ4n) is 5.19. The molecule has 2 aliphatic heterocycles. The Morgan fingerprint density at radius 1 is 1.19 bits per heavy atom. The van der Waals surface area contributed by atoms with Crippen molar-refractivity contribution >= 4 is 34.3 Å². The Hall–Kier alpha value is -4.00. The minimum atomic E-state index is -4.58. The Labute approximate surface area is 208 Å². The molecule has 0 unspecified atom stereocenters. The number of methoxy groups -OCH3 is 1. The van der Waals surface area contributed by atoms with Gasteiger partial charge in [0.1, 0.15) is 12.0 Å². The van der Waals surface area contributed by atoms with Crippen LogP contribution in [0.2, 0.25) is 0 Å². The standard InChI is InChI=1S/C24H23F3N6O4/c1-37-19-5-4-17-20(31-19)23(22(36)30-17)6-8-33(9-7-23,12-18(34)28-13-24(25,26)27)21(35)14-2-3-16-15(10-14)11-29-32-16/h2-5,10-11H,6-9,12-13H2,1H3,(H2-,28,29,30,32,34,35,36)/p+1. The second kappa shape index (κ2) is 8.83. The Balaban J connectivity index is 1.47. The van der Waals surface area contributed by atoms with Crippen LogP contribution in [0.5, 0.6) is 5.88 Å². The molecule has 0 radical (unpaired) electrons. The number of hydrogen-bond donors (Lipinski definition) is 3. The molecule has 0 bridgehead atoms. The van der Waals surface area contributed by atoms with Crippen molar-refractivity contribution in [3.05, 3.63) is 47.8 Å². The van der Waals surface area contributed by atoms with E-state index >= 15 is 0 Å². The smallest absolute Gasteiger partial charge is 0.405 e. The molecular formula is C24H24F3N6O4+. The number of anilines is 1. The quantitative estimate of drug-likeness (QED) is 0.446. The van der Waals surface area contributed by atoms with Gasteiger partial charge in [0.2, 0.25) is 11.8 Å². The van der Waals surface area contributed by atoms with E-state index in [2.05, 4.69) is 20.5 Å². The number of rotatable bonds is 5. The fraction of sp³-hybridized carbons (Fsp3) is 0.375. The Morgan fingerprint density at radius 2 is 1.95 bits per heavy atom. The van der Waals surface area contributed by atoms with E-state index < -0.39 is 41.0 Å². The molecule has 3 amide bonds. The Morgan fingerprint density at radius 3 is 2.65 bits per heavy atom. The predicted octanol–water partition coefficient (Wildman–Crippen LogP) is 2.29. The number of alkyl halides is 3. The van der Waals surface area contributed by atoms with Crippen molar-refractivity contribution in [1.29, 1.82) is 0 Å². The SMILES string of the molecule is COc1ccc2c(n1)C1(CC[N+](CC(=O)NCC(F)(F)F)(C(=O)c3ccc4[nH]ncc4c3)CC1)C(=O)N2. The third-order valence-corrected chi connectivity index (χ3v) is 7.20. The lowest BCUT2D eigenvalue weighted by Crippen LogP contribution is -2.63. The van der Waals surface area contributed by atoms with Crippen LogP contribution in [0.15, 0.2) is 36.5 Å². The number of carbonyl (C=O) groups is 3. The maximum absolute atomic E-state index is 13.9. The maximum Gasteiger partial charge on any atom is 0.405 e. The summed E-state index contributed by atoms with van der Waals surface area (Å²) in [7, 11) is 1.46. The van der Waals surface area contributed by atoms with Crippen LogP contribution < -0.4 is 15.4 Å². The fourth-order valence-corrected chi connectivity index (χ4v) is 5.19. The zero-order chi connectivity index (χ0) is 26.4. The Bertz CT molecular complexity index is 1390. The molecule has 4 heterocycles. The van der Waals surface area contributed by atoms with Gasteiger partial charge >= 0.3 is 12.1 Å². The largest absolute Gasteiger partial charge is 0.481 e. The number of carbonyl (C=O) groups excluding carboxylic acids is 3. The second-order valence-electron chi connectivity index (χ2n) is 9.41. The van der Waals surface area contributed by atoms with Gasteiger partial charge in [-0.05, 0) is 24.3 Å². The third-order valence-electron chi connectivity index (χ3n) is 7.20. The Kier molecular flexibility index (Phi) is 5.89. The predicted molar refractivity (Wildman–Crippen MR) is 125 cm³/mol. The number of nitrogens with zero attached hydrogens (tertiary/aromatic N) is 3. The summed E-state index contributed by atoms with van der Waals surface area (Å²) in [5, 5.41) is 12.1. The van der Waals surface area contributed by atoms with Gasteiger partial charge in [-0.1, -0.05) is 0 Å². The van der Waals surface area contributed by atoms with Crippen LogP contribution in [-0.2, 0) is 15.0 Å². The van der Waals surface area contributed by atoms with Crippen molar-refractivity contribution in [2.75, 3.05) is 38.6 Å². The molecule has 1 fully saturated rings. The van der Waals surface area contributed by atoms with Gasteiger partial charge in [-0.15, -0.1) is 0 Å². The molecule has 2 aliphatic rings. The maximum atomic E-state index is 13.9. The van der Waals surface area contributed by atoms with Crippen molar-refractivity contribution in [3.63, 3.8) is 0 Å². The van der Waals surface area contributed by atoms with Crippen LogP contribution in [0.4, 0.5) is 18.9 Å². The molecule has 1 saturated heterocycles. The van der Waals surface area contributed by atoms with Crippen LogP contribution in [0.3, 0.4) is 0 Å². The number of fused-ring (bicyclic) bond motifs is 3. The van der Waals surface area contributed by atoms with Crippen molar-refractivity contribution in [3.8, 4) is 5.88 Å². The molecule has 3 N–H and O–H groups in total. The lowest BCUT2D eigenvalue weighted by molar-refractivity contribution is -0.847. The number of aromatic nitrogens is 3. The molecule has 10 nitrogen and oxygen atoms in total. The first kappa shape index (κ1) is 24.7. The number of benzene rings is 1. The van der Waals surface area contributed by atoms with Crippen LogP contribution in [0.1, 0.15) is 28.9 Å². The monoisotopic (exact) mass is 517 g/mol. The third kappa shape index (κ3) is 4.39. The normalized spacial score (nSPS) is 23.1. The number of amides is 3. The highest BCUT2D eigenvalue weighted by atomic mass is 19.4. The van der Waals surface area contributed by atoms with Gasteiger partial charge < -0.3 is 15.4 Å². The number of hydrogen-bond acceptors (Lipinski definition) is 6. The number of nitrogens with one attached hydrogen (secondary N) is 3. The van der Waals surface area contributed by atoms with Gasteiger partial charge in [-0.3, -0.25) is 14.7 Å².